The van der Waals surface area contributed by atoms with Crippen molar-refractivity contribution in [2.75, 3.05) is 22.1 Å². The Morgan fingerprint density at radius 1 is 0.905 bits per heavy atom. The van der Waals surface area contributed by atoms with E-state index in [2.05, 4.69) is 20.6 Å². The zero-order valence-corrected chi connectivity index (χ0v) is 12.0. The molecule has 2 aromatic heterocycles. The number of thioether (sulfide) groups is 1. The molecule has 0 spiro atoms. The van der Waals surface area contributed by atoms with E-state index in [1.807, 2.05) is 0 Å². The zero-order valence-electron chi connectivity index (χ0n) is 11.2. The van der Waals surface area contributed by atoms with Crippen molar-refractivity contribution in [1.29, 1.82) is 0 Å². The minimum atomic E-state index is -0.165. The van der Waals surface area contributed by atoms with Crippen molar-refractivity contribution in [3.8, 4) is 0 Å². The van der Waals surface area contributed by atoms with Gasteiger partial charge >= 0.3 is 0 Å². The number of rotatable bonds is 6. The first-order chi connectivity index (χ1) is 10.2. The summed E-state index contributed by atoms with van der Waals surface area (Å²) in [6.07, 6.45) is 6.40. The summed E-state index contributed by atoms with van der Waals surface area (Å²) < 4.78 is 0. The van der Waals surface area contributed by atoms with Gasteiger partial charge in [-0.25, -0.2) is 0 Å². The van der Waals surface area contributed by atoms with E-state index in [1.165, 1.54) is 11.8 Å². The van der Waals surface area contributed by atoms with Crippen LogP contribution in [-0.4, -0.2) is 33.3 Å². The van der Waals surface area contributed by atoms with E-state index in [0.29, 0.717) is 11.4 Å². The minimum absolute atomic E-state index is 0.165. The lowest BCUT2D eigenvalue weighted by atomic mass is 10.4. The van der Waals surface area contributed by atoms with Gasteiger partial charge in [-0.1, -0.05) is 0 Å². The maximum Gasteiger partial charge on any atom is 0.234 e. The SMILES string of the molecule is O=C(CSCC(=O)Nc1cccnc1)Nc1cccnc1. The summed E-state index contributed by atoms with van der Waals surface area (Å²) in [6, 6.07) is 6.99. The number of carbonyl (C=O) groups is 2. The van der Waals surface area contributed by atoms with Gasteiger partial charge in [0, 0.05) is 12.4 Å². The lowest BCUT2D eigenvalue weighted by molar-refractivity contribution is -0.114. The molecule has 0 aromatic carbocycles. The number of anilines is 2. The number of pyridine rings is 2. The van der Waals surface area contributed by atoms with E-state index < -0.39 is 0 Å². The highest BCUT2D eigenvalue weighted by atomic mass is 32.2. The summed E-state index contributed by atoms with van der Waals surface area (Å²) in [5.41, 5.74) is 1.28. The average molecular weight is 302 g/mol. The number of carbonyl (C=O) groups excluding carboxylic acids is 2. The van der Waals surface area contributed by atoms with Gasteiger partial charge in [0.25, 0.3) is 0 Å². The third kappa shape index (κ3) is 5.62. The highest BCUT2D eigenvalue weighted by Gasteiger charge is 2.06. The molecule has 2 aromatic rings. The predicted molar refractivity (Wildman–Crippen MR) is 83.1 cm³/mol. The normalized spacial score (nSPS) is 9.90. The number of nitrogens with zero attached hydrogens (tertiary/aromatic N) is 2. The Labute approximate surface area is 126 Å². The Morgan fingerprint density at radius 2 is 1.38 bits per heavy atom. The highest BCUT2D eigenvalue weighted by Crippen LogP contribution is 2.07. The first kappa shape index (κ1) is 15.0. The fourth-order valence-corrected chi connectivity index (χ4v) is 2.12. The first-order valence-electron chi connectivity index (χ1n) is 6.21. The van der Waals surface area contributed by atoms with Crippen LogP contribution in [0, 0.1) is 0 Å². The Balaban J connectivity index is 1.67. The largest absolute Gasteiger partial charge is 0.324 e. The van der Waals surface area contributed by atoms with Gasteiger partial charge < -0.3 is 10.6 Å². The molecule has 2 amide bonds. The molecule has 0 unspecified atom stereocenters. The highest BCUT2D eigenvalue weighted by molar-refractivity contribution is 8.00. The van der Waals surface area contributed by atoms with E-state index in [-0.39, 0.29) is 23.3 Å². The molecule has 21 heavy (non-hydrogen) atoms. The summed E-state index contributed by atoms with van der Waals surface area (Å²) in [5, 5.41) is 5.40. The van der Waals surface area contributed by atoms with Crippen LogP contribution in [0.1, 0.15) is 0 Å². The molecule has 2 heterocycles. The van der Waals surface area contributed by atoms with E-state index in [9.17, 15) is 9.59 Å². The molecule has 0 atom stereocenters. The van der Waals surface area contributed by atoms with Gasteiger partial charge in [-0.05, 0) is 24.3 Å². The minimum Gasteiger partial charge on any atom is -0.324 e. The van der Waals surface area contributed by atoms with Gasteiger partial charge in [-0.15, -0.1) is 11.8 Å². The van der Waals surface area contributed by atoms with Crippen LogP contribution in [0.15, 0.2) is 49.1 Å². The summed E-state index contributed by atoms with van der Waals surface area (Å²) in [6.45, 7) is 0. The second kappa shape index (κ2) is 8.01. The predicted octanol–water partition coefficient (Wildman–Crippen LogP) is 1.79. The second-order valence-corrected chi connectivity index (χ2v) is 5.06. The van der Waals surface area contributed by atoms with Crippen molar-refractivity contribution in [2.24, 2.45) is 0 Å². The van der Waals surface area contributed by atoms with Crippen molar-refractivity contribution < 1.29 is 9.59 Å². The molecular formula is C14H14N4O2S. The molecule has 6 nitrogen and oxygen atoms in total. The van der Waals surface area contributed by atoms with Crippen molar-refractivity contribution >= 4 is 35.0 Å². The van der Waals surface area contributed by atoms with Crippen molar-refractivity contribution in [3.05, 3.63) is 49.1 Å². The molecule has 0 saturated heterocycles. The molecule has 0 fully saturated rings. The Morgan fingerprint density at radius 3 is 1.76 bits per heavy atom. The van der Waals surface area contributed by atoms with Gasteiger partial charge in [0.1, 0.15) is 0 Å². The fourth-order valence-electron chi connectivity index (χ4n) is 1.50. The van der Waals surface area contributed by atoms with Crippen LogP contribution in [0.2, 0.25) is 0 Å². The van der Waals surface area contributed by atoms with Crippen molar-refractivity contribution in [2.45, 2.75) is 0 Å². The maximum atomic E-state index is 11.7. The van der Waals surface area contributed by atoms with Crippen LogP contribution in [0.3, 0.4) is 0 Å². The van der Waals surface area contributed by atoms with Crippen LogP contribution in [0.5, 0.6) is 0 Å². The first-order valence-corrected chi connectivity index (χ1v) is 7.37. The second-order valence-electron chi connectivity index (χ2n) is 4.07. The summed E-state index contributed by atoms with van der Waals surface area (Å²) >= 11 is 1.24. The number of hydrogen-bond donors (Lipinski definition) is 2. The maximum absolute atomic E-state index is 11.7. The molecule has 7 heteroatoms. The van der Waals surface area contributed by atoms with Gasteiger partial charge in [-0.3, -0.25) is 19.6 Å². The van der Waals surface area contributed by atoms with Gasteiger partial charge in [0.15, 0.2) is 0 Å². The Hall–Kier alpha value is -2.41. The van der Waals surface area contributed by atoms with Crippen molar-refractivity contribution in [1.82, 2.24) is 9.97 Å². The summed E-state index contributed by atoms with van der Waals surface area (Å²) in [5.74, 6) is 0.0781. The van der Waals surface area contributed by atoms with Crippen LogP contribution < -0.4 is 10.6 Å². The van der Waals surface area contributed by atoms with Gasteiger partial charge in [0.05, 0.1) is 35.3 Å². The lowest BCUT2D eigenvalue weighted by Crippen LogP contribution is -2.18. The molecule has 0 radical (unpaired) electrons. The smallest absolute Gasteiger partial charge is 0.234 e. The quantitative estimate of drug-likeness (QED) is 0.850. The number of amides is 2. The van der Waals surface area contributed by atoms with Crippen LogP contribution >= 0.6 is 11.8 Å². The van der Waals surface area contributed by atoms with Gasteiger partial charge in [-0.2, -0.15) is 0 Å². The molecule has 108 valence electrons. The van der Waals surface area contributed by atoms with E-state index >= 15 is 0 Å². The van der Waals surface area contributed by atoms with Crippen LogP contribution in [0.25, 0.3) is 0 Å². The lowest BCUT2D eigenvalue weighted by Gasteiger charge is -2.05. The molecular weight excluding hydrogens is 288 g/mol. The topological polar surface area (TPSA) is 84.0 Å². The van der Waals surface area contributed by atoms with Crippen LogP contribution in [0.4, 0.5) is 11.4 Å². The van der Waals surface area contributed by atoms with E-state index in [0.717, 1.165) is 0 Å². The molecule has 0 aliphatic rings. The Bertz CT molecular complexity index is 539. The van der Waals surface area contributed by atoms with E-state index in [1.54, 1.807) is 49.1 Å². The third-order valence-corrected chi connectivity index (χ3v) is 3.29. The monoisotopic (exact) mass is 302 g/mol. The molecule has 0 bridgehead atoms. The molecule has 0 aliphatic carbocycles. The fraction of sp³-hybridized carbons (Fsp3) is 0.143. The average Bonchev–Trinajstić information content (AvgIpc) is 2.49. The third-order valence-electron chi connectivity index (χ3n) is 2.36. The molecule has 0 saturated carbocycles. The number of hydrogen-bond acceptors (Lipinski definition) is 5. The van der Waals surface area contributed by atoms with E-state index in [4.69, 9.17) is 0 Å². The Kier molecular flexibility index (Phi) is 5.71. The molecule has 2 N–H and O–H groups in total. The van der Waals surface area contributed by atoms with Crippen molar-refractivity contribution in [3.63, 3.8) is 0 Å². The summed E-state index contributed by atoms with van der Waals surface area (Å²) in [7, 11) is 0. The number of nitrogens with one attached hydrogen (secondary N) is 2. The van der Waals surface area contributed by atoms with Crippen LogP contribution in [-0.2, 0) is 9.59 Å². The molecule has 0 aliphatic heterocycles. The molecule has 2 rings (SSSR count). The standard InChI is InChI=1S/C14H14N4O2S/c19-13(17-11-3-1-5-15-7-11)9-21-10-14(20)18-12-4-2-6-16-8-12/h1-8H,9-10H2,(H,17,19)(H,18,20). The number of aromatic nitrogens is 2. The van der Waals surface area contributed by atoms with Gasteiger partial charge in [0.2, 0.25) is 11.8 Å². The summed E-state index contributed by atoms with van der Waals surface area (Å²) in [4.78, 5) is 31.1. The zero-order chi connectivity index (χ0) is 14.9.